The Balaban J connectivity index is 0.00000180. The van der Waals surface area contributed by atoms with Gasteiger partial charge in [-0.05, 0) is 37.0 Å². The highest BCUT2D eigenvalue weighted by Crippen LogP contribution is 2.21. The third-order valence-electron chi connectivity index (χ3n) is 3.92. The van der Waals surface area contributed by atoms with Gasteiger partial charge in [-0.1, -0.05) is 0 Å². The highest BCUT2D eigenvalue weighted by molar-refractivity contribution is 5.85. The summed E-state index contributed by atoms with van der Waals surface area (Å²) in [4.78, 5) is 6.67. The zero-order valence-corrected chi connectivity index (χ0v) is 12.5. The summed E-state index contributed by atoms with van der Waals surface area (Å²) in [5.74, 6) is 0. The molecule has 108 valence electrons. The lowest BCUT2D eigenvalue weighted by Gasteiger charge is -2.38. The second kappa shape index (κ2) is 7.80. The molecule has 0 spiro atoms. The first kappa shape index (κ1) is 16.4. The van der Waals surface area contributed by atoms with Gasteiger partial charge in [-0.3, -0.25) is 9.88 Å². The maximum absolute atomic E-state index is 5.89. The first-order valence-corrected chi connectivity index (χ1v) is 6.61. The minimum absolute atomic E-state index is 0. The Morgan fingerprint density at radius 1 is 1.53 bits per heavy atom. The number of hydrogen-bond donors (Lipinski definition) is 1. The Kier molecular flexibility index (Phi) is 6.72. The molecular formula is C14H24ClN3O. The van der Waals surface area contributed by atoms with E-state index < -0.39 is 0 Å². The lowest BCUT2D eigenvalue weighted by atomic mass is 9.98. The van der Waals surface area contributed by atoms with E-state index in [1.54, 1.807) is 7.11 Å². The molecule has 1 saturated heterocycles. The summed E-state index contributed by atoms with van der Waals surface area (Å²) >= 11 is 0. The Bertz CT molecular complexity index is 389. The van der Waals surface area contributed by atoms with Gasteiger partial charge in [-0.25, -0.2) is 0 Å². The van der Waals surface area contributed by atoms with E-state index in [1.165, 1.54) is 11.1 Å². The van der Waals surface area contributed by atoms with Crippen LogP contribution in [0.5, 0.6) is 0 Å². The Morgan fingerprint density at radius 2 is 2.32 bits per heavy atom. The van der Waals surface area contributed by atoms with Crippen LogP contribution in [0.4, 0.5) is 0 Å². The molecule has 0 aliphatic carbocycles. The highest BCUT2D eigenvalue weighted by atomic mass is 35.5. The summed E-state index contributed by atoms with van der Waals surface area (Å²) in [5.41, 5.74) is 8.49. The van der Waals surface area contributed by atoms with Crippen molar-refractivity contribution in [3.8, 4) is 0 Å². The minimum atomic E-state index is 0. The van der Waals surface area contributed by atoms with Gasteiger partial charge < -0.3 is 10.5 Å². The van der Waals surface area contributed by atoms with Gasteiger partial charge in [0.05, 0.1) is 6.10 Å². The number of halogens is 1. The molecule has 19 heavy (non-hydrogen) atoms. The first-order valence-electron chi connectivity index (χ1n) is 6.61. The zero-order valence-electron chi connectivity index (χ0n) is 11.7. The molecule has 1 aliphatic rings. The molecule has 0 aromatic carbocycles. The topological polar surface area (TPSA) is 51.4 Å². The molecule has 5 heteroatoms. The van der Waals surface area contributed by atoms with Crippen LogP contribution in [0, 0.1) is 6.92 Å². The second-order valence-electron chi connectivity index (χ2n) is 5.04. The van der Waals surface area contributed by atoms with Gasteiger partial charge in [0.15, 0.2) is 0 Å². The van der Waals surface area contributed by atoms with Crippen molar-refractivity contribution in [1.82, 2.24) is 9.88 Å². The van der Waals surface area contributed by atoms with Crippen LogP contribution < -0.4 is 5.73 Å². The van der Waals surface area contributed by atoms with E-state index in [1.807, 2.05) is 12.4 Å². The number of pyridine rings is 1. The fraction of sp³-hybridized carbons (Fsp3) is 0.643. The minimum Gasteiger partial charge on any atom is -0.381 e. The quantitative estimate of drug-likeness (QED) is 0.916. The molecule has 2 unspecified atom stereocenters. The molecule has 0 amide bonds. The largest absolute Gasteiger partial charge is 0.381 e. The van der Waals surface area contributed by atoms with E-state index in [2.05, 4.69) is 22.9 Å². The van der Waals surface area contributed by atoms with Gasteiger partial charge in [0, 0.05) is 45.2 Å². The van der Waals surface area contributed by atoms with Crippen LogP contribution in [-0.4, -0.2) is 42.2 Å². The van der Waals surface area contributed by atoms with E-state index in [-0.39, 0.29) is 12.4 Å². The zero-order chi connectivity index (χ0) is 13.0. The number of ether oxygens (including phenoxy) is 1. The molecule has 2 atom stereocenters. The predicted octanol–water partition coefficient (Wildman–Crippen LogP) is 1.75. The number of aryl methyl sites for hydroxylation is 1. The van der Waals surface area contributed by atoms with Crippen molar-refractivity contribution in [2.45, 2.75) is 38.5 Å². The molecule has 2 N–H and O–H groups in total. The van der Waals surface area contributed by atoms with Crippen molar-refractivity contribution in [2.24, 2.45) is 5.73 Å². The maximum Gasteiger partial charge on any atom is 0.0599 e. The molecule has 2 rings (SSSR count). The highest BCUT2D eigenvalue weighted by Gasteiger charge is 2.27. The van der Waals surface area contributed by atoms with E-state index in [0.29, 0.717) is 18.7 Å². The van der Waals surface area contributed by atoms with Gasteiger partial charge in [-0.2, -0.15) is 0 Å². The molecule has 1 fully saturated rings. The standard InChI is InChI=1S/C14H23N3O.ClH/c1-11-3-5-16-9-12(11)10-17-6-4-14(18-2)7-13(17)8-15;/h3,5,9,13-14H,4,6-8,10,15H2,1-2H3;1H. The molecule has 1 aliphatic heterocycles. The number of methoxy groups -OCH3 is 1. The fourth-order valence-electron chi connectivity index (χ4n) is 2.61. The van der Waals surface area contributed by atoms with Crippen molar-refractivity contribution in [3.05, 3.63) is 29.6 Å². The van der Waals surface area contributed by atoms with E-state index >= 15 is 0 Å². The summed E-state index contributed by atoms with van der Waals surface area (Å²) in [6.45, 7) is 4.82. The number of aromatic nitrogens is 1. The molecule has 1 aromatic heterocycles. The van der Waals surface area contributed by atoms with Gasteiger partial charge in [0.2, 0.25) is 0 Å². The smallest absolute Gasteiger partial charge is 0.0599 e. The Morgan fingerprint density at radius 3 is 2.95 bits per heavy atom. The van der Waals surface area contributed by atoms with Gasteiger partial charge in [0.25, 0.3) is 0 Å². The summed E-state index contributed by atoms with van der Waals surface area (Å²) < 4.78 is 5.45. The van der Waals surface area contributed by atoms with Crippen LogP contribution in [0.15, 0.2) is 18.5 Å². The summed E-state index contributed by atoms with van der Waals surface area (Å²) in [5, 5.41) is 0. The average molecular weight is 286 g/mol. The predicted molar refractivity (Wildman–Crippen MR) is 79.5 cm³/mol. The van der Waals surface area contributed by atoms with E-state index in [4.69, 9.17) is 10.5 Å². The summed E-state index contributed by atoms with van der Waals surface area (Å²) in [7, 11) is 1.79. The van der Waals surface area contributed by atoms with Crippen LogP contribution >= 0.6 is 12.4 Å². The second-order valence-corrected chi connectivity index (χ2v) is 5.04. The van der Waals surface area contributed by atoms with Gasteiger partial charge >= 0.3 is 0 Å². The number of rotatable bonds is 4. The van der Waals surface area contributed by atoms with E-state index in [9.17, 15) is 0 Å². The normalized spacial score (nSPS) is 23.9. The van der Waals surface area contributed by atoms with Crippen LogP contribution in [0.2, 0.25) is 0 Å². The molecule has 0 radical (unpaired) electrons. The SMILES string of the molecule is COC1CCN(Cc2cnccc2C)C(CN)C1.Cl. The molecule has 4 nitrogen and oxygen atoms in total. The fourth-order valence-corrected chi connectivity index (χ4v) is 2.61. The molecule has 2 heterocycles. The number of hydrogen-bond acceptors (Lipinski definition) is 4. The van der Waals surface area contributed by atoms with Crippen molar-refractivity contribution in [2.75, 3.05) is 20.2 Å². The lowest BCUT2D eigenvalue weighted by Crippen LogP contribution is -2.48. The van der Waals surface area contributed by atoms with E-state index in [0.717, 1.165) is 25.9 Å². The molecule has 0 bridgehead atoms. The third-order valence-corrected chi connectivity index (χ3v) is 3.92. The van der Waals surface area contributed by atoms with Crippen LogP contribution in [-0.2, 0) is 11.3 Å². The third kappa shape index (κ3) is 4.14. The number of likely N-dealkylation sites (tertiary alicyclic amines) is 1. The van der Waals surface area contributed by atoms with Crippen LogP contribution in [0.25, 0.3) is 0 Å². The average Bonchev–Trinajstić information content (AvgIpc) is 2.41. The number of piperidine rings is 1. The van der Waals surface area contributed by atoms with Crippen molar-refractivity contribution in [3.63, 3.8) is 0 Å². The van der Waals surface area contributed by atoms with Crippen molar-refractivity contribution in [1.29, 1.82) is 0 Å². The van der Waals surface area contributed by atoms with Crippen molar-refractivity contribution < 1.29 is 4.74 Å². The Labute approximate surface area is 121 Å². The summed E-state index contributed by atoms with van der Waals surface area (Å²) in [6, 6.07) is 2.48. The molecule has 0 saturated carbocycles. The summed E-state index contributed by atoms with van der Waals surface area (Å²) in [6.07, 6.45) is 6.30. The molecule has 1 aromatic rings. The lowest BCUT2D eigenvalue weighted by molar-refractivity contribution is 0.0101. The number of nitrogens with two attached hydrogens (primary N) is 1. The number of nitrogens with zero attached hydrogens (tertiary/aromatic N) is 2. The van der Waals surface area contributed by atoms with Gasteiger partial charge in [-0.15, -0.1) is 12.4 Å². The monoisotopic (exact) mass is 285 g/mol. The maximum atomic E-state index is 5.89. The van der Waals surface area contributed by atoms with Crippen LogP contribution in [0.3, 0.4) is 0 Å². The van der Waals surface area contributed by atoms with Crippen LogP contribution in [0.1, 0.15) is 24.0 Å². The Hall–Kier alpha value is -0.680. The van der Waals surface area contributed by atoms with Gasteiger partial charge in [0.1, 0.15) is 0 Å². The first-order chi connectivity index (χ1) is 8.74. The van der Waals surface area contributed by atoms with Crippen molar-refractivity contribution >= 4 is 12.4 Å². The molecular weight excluding hydrogens is 262 g/mol.